The van der Waals surface area contributed by atoms with Gasteiger partial charge in [0.1, 0.15) is 0 Å². The highest BCUT2D eigenvalue weighted by molar-refractivity contribution is 8.56. The summed E-state index contributed by atoms with van der Waals surface area (Å²) in [4.78, 5) is 0. The van der Waals surface area contributed by atoms with Gasteiger partial charge in [-0.25, -0.2) is 0 Å². The third kappa shape index (κ3) is 6.92. The van der Waals surface area contributed by atoms with E-state index in [0.29, 0.717) is 6.61 Å². The molecule has 0 spiro atoms. The Bertz CT molecular complexity index is 164. The number of hydrogen-bond acceptors (Lipinski definition) is 3. The second-order valence-corrected chi connectivity index (χ2v) is 8.44. The smallest absolute Gasteiger partial charge is 0.257 e. The summed E-state index contributed by atoms with van der Waals surface area (Å²) in [5.74, 6) is 0.880. The second kappa shape index (κ2) is 8.82. The molecule has 0 heterocycles. The zero-order chi connectivity index (χ0) is 10.9. The molecule has 0 fully saturated rings. The van der Waals surface area contributed by atoms with Crippen molar-refractivity contribution < 1.29 is 9.09 Å². The number of hydrogen-bond donors (Lipinski definition) is 0. The van der Waals surface area contributed by atoms with Crippen LogP contribution in [0.1, 0.15) is 46.5 Å². The summed E-state index contributed by atoms with van der Waals surface area (Å²) in [6.45, 7) is 4.35. The maximum Gasteiger partial charge on any atom is 0.257 e. The summed E-state index contributed by atoms with van der Waals surface area (Å²) in [6, 6.07) is 0. The van der Waals surface area contributed by atoms with Crippen molar-refractivity contribution in [1.82, 2.24) is 0 Å². The van der Waals surface area contributed by atoms with Gasteiger partial charge < -0.3 is 4.52 Å². The molecule has 0 aromatic rings. The maximum absolute atomic E-state index is 12.1. The van der Waals surface area contributed by atoms with Gasteiger partial charge >= 0.3 is 0 Å². The maximum atomic E-state index is 12.1. The zero-order valence-electron chi connectivity index (χ0n) is 9.62. The standard InChI is InChI=1S/C10H23O2PS/c1-4-7-8-9-10-13(11,12-5-2)14-6-3/h4-10H2,1-3H3. The fourth-order valence-electron chi connectivity index (χ4n) is 1.29. The Morgan fingerprint density at radius 2 is 1.86 bits per heavy atom. The van der Waals surface area contributed by atoms with Crippen LogP contribution in [0, 0.1) is 0 Å². The highest BCUT2D eigenvalue weighted by atomic mass is 32.7. The predicted octanol–water partition coefficient (Wildman–Crippen LogP) is 4.55. The van der Waals surface area contributed by atoms with Crippen molar-refractivity contribution in [2.45, 2.75) is 46.5 Å². The highest BCUT2D eigenvalue weighted by Gasteiger charge is 2.21. The van der Waals surface area contributed by atoms with Crippen molar-refractivity contribution in [1.29, 1.82) is 0 Å². The van der Waals surface area contributed by atoms with Gasteiger partial charge in [0.25, 0.3) is 6.57 Å². The summed E-state index contributed by atoms with van der Waals surface area (Å²) in [5.41, 5.74) is 0. The van der Waals surface area contributed by atoms with Gasteiger partial charge in [-0.05, 0) is 19.1 Å². The average Bonchev–Trinajstić information content (AvgIpc) is 2.13. The van der Waals surface area contributed by atoms with Crippen LogP contribution in [0.2, 0.25) is 0 Å². The lowest BCUT2D eigenvalue weighted by molar-refractivity contribution is 0.345. The Kier molecular flexibility index (Phi) is 9.16. The molecular formula is C10H23O2PS. The van der Waals surface area contributed by atoms with Crippen molar-refractivity contribution in [3.05, 3.63) is 0 Å². The Morgan fingerprint density at radius 1 is 1.14 bits per heavy atom. The van der Waals surface area contributed by atoms with Crippen molar-refractivity contribution in [2.75, 3.05) is 18.5 Å². The first-order chi connectivity index (χ1) is 6.68. The lowest BCUT2D eigenvalue weighted by Crippen LogP contribution is -1.93. The quantitative estimate of drug-likeness (QED) is 0.435. The van der Waals surface area contributed by atoms with Gasteiger partial charge in [0.2, 0.25) is 0 Å². The van der Waals surface area contributed by atoms with Crippen LogP contribution in [0.25, 0.3) is 0 Å². The van der Waals surface area contributed by atoms with E-state index in [2.05, 4.69) is 6.92 Å². The third-order valence-corrected chi connectivity index (χ3v) is 6.92. The van der Waals surface area contributed by atoms with Gasteiger partial charge in [0.05, 0.1) is 6.61 Å². The SMILES string of the molecule is CCCCCCP(=O)(OCC)SCC. The minimum atomic E-state index is -2.34. The van der Waals surface area contributed by atoms with Crippen LogP contribution in [0.5, 0.6) is 0 Å². The van der Waals surface area contributed by atoms with Crippen LogP contribution in [-0.2, 0) is 9.09 Å². The van der Waals surface area contributed by atoms with Crippen molar-refractivity contribution in [3.8, 4) is 0 Å². The van der Waals surface area contributed by atoms with Crippen LogP contribution < -0.4 is 0 Å². The molecule has 0 amide bonds. The number of rotatable bonds is 9. The molecule has 1 unspecified atom stereocenters. The molecule has 0 saturated heterocycles. The molecule has 4 heteroatoms. The lowest BCUT2D eigenvalue weighted by Gasteiger charge is -2.15. The monoisotopic (exact) mass is 238 g/mol. The van der Waals surface area contributed by atoms with E-state index < -0.39 is 6.57 Å². The minimum Gasteiger partial charge on any atom is -0.321 e. The molecular weight excluding hydrogens is 215 g/mol. The molecule has 1 atom stereocenters. The van der Waals surface area contributed by atoms with Crippen LogP contribution >= 0.6 is 18.0 Å². The molecule has 0 radical (unpaired) electrons. The summed E-state index contributed by atoms with van der Waals surface area (Å²) < 4.78 is 17.5. The molecule has 0 aromatic heterocycles. The molecule has 0 aliphatic rings. The first-order valence-electron chi connectivity index (χ1n) is 5.56. The summed E-state index contributed by atoms with van der Waals surface area (Å²) in [7, 11) is 0. The van der Waals surface area contributed by atoms with E-state index in [1.165, 1.54) is 30.6 Å². The van der Waals surface area contributed by atoms with E-state index in [0.717, 1.165) is 18.3 Å². The normalized spacial score (nSPS) is 15.4. The molecule has 0 N–H and O–H groups in total. The van der Waals surface area contributed by atoms with Gasteiger partial charge in [0.15, 0.2) is 0 Å². The van der Waals surface area contributed by atoms with Gasteiger partial charge in [-0.3, -0.25) is 4.57 Å². The van der Waals surface area contributed by atoms with E-state index in [1.807, 2.05) is 13.8 Å². The molecule has 0 aliphatic heterocycles. The molecule has 14 heavy (non-hydrogen) atoms. The summed E-state index contributed by atoms with van der Waals surface area (Å²) >= 11 is 1.49. The van der Waals surface area contributed by atoms with Crippen LogP contribution in [0.3, 0.4) is 0 Å². The molecule has 0 saturated carbocycles. The van der Waals surface area contributed by atoms with Gasteiger partial charge in [0, 0.05) is 6.16 Å². The molecule has 2 nitrogen and oxygen atoms in total. The van der Waals surface area contributed by atoms with Crippen molar-refractivity contribution in [3.63, 3.8) is 0 Å². The number of unbranched alkanes of at least 4 members (excludes halogenated alkanes) is 3. The minimum absolute atomic E-state index is 0.568. The van der Waals surface area contributed by atoms with Gasteiger partial charge in [-0.15, -0.1) is 0 Å². The molecule has 0 rings (SSSR count). The molecule has 86 valence electrons. The highest BCUT2D eigenvalue weighted by Crippen LogP contribution is 2.59. The third-order valence-electron chi connectivity index (χ3n) is 1.94. The van der Waals surface area contributed by atoms with E-state index in [9.17, 15) is 4.57 Å². The first kappa shape index (κ1) is 14.5. The first-order valence-corrected chi connectivity index (χ1v) is 8.96. The van der Waals surface area contributed by atoms with Gasteiger partial charge in [-0.2, -0.15) is 0 Å². The topological polar surface area (TPSA) is 26.3 Å². The largest absolute Gasteiger partial charge is 0.321 e. The van der Waals surface area contributed by atoms with Crippen LogP contribution in [0.4, 0.5) is 0 Å². The molecule has 0 aliphatic carbocycles. The van der Waals surface area contributed by atoms with E-state index in [1.54, 1.807) is 0 Å². The average molecular weight is 238 g/mol. The second-order valence-electron chi connectivity index (χ2n) is 3.23. The van der Waals surface area contributed by atoms with Crippen molar-refractivity contribution in [2.24, 2.45) is 0 Å². The predicted molar refractivity (Wildman–Crippen MR) is 66.4 cm³/mol. The molecule has 0 aromatic carbocycles. The lowest BCUT2D eigenvalue weighted by atomic mass is 10.2. The van der Waals surface area contributed by atoms with E-state index in [-0.39, 0.29) is 0 Å². The molecule has 0 bridgehead atoms. The van der Waals surface area contributed by atoms with Crippen LogP contribution in [-0.4, -0.2) is 18.5 Å². The van der Waals surface area contributed by atoms with Crippen LogP contribution in [0.15, 0.2) is 0 Å². The zero-order valence-corrected chi connectivity index (χ0v) is 11.3. The van der Waals surface area contributed by atoms with Crippen molar-refractivity contribution >= 4 is 18.0 Å². The van der Waals surface area contributed by atoms with E-state index in [4.69, 9.17) is 4.52 Å². The Morgan fingerprint density at radius 3 is 2.36 bits per heavy atom. The van der Waals surface area contributed by atoms with Gasteiger partial charge in [-0.1, -0.05) is 44.5 Å². The Balaban J connectivity index is 3.78. The fraction of sp³-hybridized carbons (Fsp3) is 1.00. The summed E-state index contributed by atoms with van der Waals surface area (Å²) in [5, 5.41) is 0. The Labute approximate surface area is 92.4 Å². The van der Waals surface area contributed by atoms with E-state index >= 15 is 0 Å². The summed E-state index contributed by atoms with van der Waals surface area (Å²) in [6.07, 6.45) is 5.43. The Hall–Kier alpha value is 0.540. The fourth-order valence-corrected chi connectivity index (χ4v) is 5.52.